The number of unbranched alkanes of at least 4 members (excludes halogenated alkanes) is 1. The van der Waals surface area contributed by atoms with Gasteiger partial charge in [0, 0.05) is 17.1 Å². The quantitative estimate of drug-likeness (QED) is 0.668. The number of hydrogen-bond donors (Lipinski definition) is 3. The number of halogens is 1. The van der Waals surface area contributed by atoms with Crippen LogP contribution in [0.1, 0.15) is 25.3 Å². The first-order valence-electron chi connectivity index (χ1n) is 7.27. The van der Waals surface area contributed by atoms with Crippen molar-refractivity contribution in [3.63, 3.8) is 0 Å². The van der Waals surface area contributed by atoms with Gasteiger partial charge in [-0.25, -0.2) is 13.1 Å². The lowest BCUT2D eigenvalue weighted by Crippen LogP contribution is -2.46. The van der Waals surface area contributed by atoms with Crippen molar-refractivity contribution in [3.8, 4) is 0 Å². The molecule has 0 saturated carbocycles. The fourth-order valence-corrected chi connectivity index (χ4v) is 3.75. The third kappa shape index (κ3) is 5.23. The van der Waals surface area contributed by atoms with Gasteiger partial charge in [-0.2, -0.15) is 0 Å². The molecule has 0 unspecified atom stereocenters. The maximum atomic E-state index is 12.0. The van der Waals surface area contributed by atoms with Crippen LogP contribution in [0.4, 0.5) is 0 Å². The van der Waals surface area contributed by atoms with Gasteiger partial charge in [0.2, 0.25) is 15.9 Å². The number of sulfonamides is 1. The standard InChI is InChI=1S/C15H21N3O3S.ClH/c1-2-3-8-22(20,21)18-14(15(16)19)9-11-10-17-13-7-5-4-6-12(11)13;/h4-7,10,14,17-18H,2-3,8-9H2,1H3,(H2,16,19);1H/t14-;/m0./s1. The van der Waals surface area contributed by atoms with E-state index in [0.717, 1.165) is 22.9 Å². The number of para-hydroxylation sites is 1. The molecule has 1 heterocycles. The molecule has 0 fully saturated rings. The monoisotopic (exact) mass is 359 g/mol. The Morgan fingerprint density at radius 1 is 1.35 bits per heavy atom. The Morgan fingerprint density at radius 2 is 2.04 bits per heavy atom. The maximum Gasteiger partial charge on any atom is 0.235 e. The number of carbonyl (C=O) groups excluding carboxylic acids is 1. The van der Waals surface area contributed by atoms with E-state index in [2.05, 4.69) is 9.71 Å². The molecule has 2 rings (SSSR count). The summed E-state index contributed by atoms with van der Waals surface area (Å²) in [7, 11) is -3.51. The number of carbonyl (C=O) groups is 1. The molecule has 0 aliphatic carbocycles. The highest BCUT2D eigenvalue weighted by molar-refractivity contribution is 7.89. The highest BCUT2D eigenvalue weighted by Gasteiger charge is 2.23. The molecule has 0 bridgehead atoms. The van der Waals surface area contributed by atoms with Crippen LogP contribution in [-0.2, 0) is 21.2 Å². The molecule has 0 radical (unpaired) electrons. The summed E-state index contributed by atoms with van der Waals surface area (Å²) in [5.41, 5.74) is 7.16. The fourth-order valence-electron chi connectivity index (χ4n) is 2.33. The first-order chi connectivity index (χ1) is 10.4. The van der Waals surface area contributed by atoms with Gasteiger partial charge in [0.25, 0.3) is 0 Å². The second-order valence-corrected chi connectivity index (χ2v) is 7.18. The van der Waals surface area contributed by atoms with Crippen LogP contribution in [0.15, 0.2) is 30.5 Å². The summed E-state index contributed by atoms with van der Waals surface area (Å²) in [5, 5.41) is 0.960. The molecule has 2 aromatic rings. The van der Waals surface area contributed by atoms with E-state index >= 15 is 0 Å². The number of benzene rings is 1. The largest absolute Gasteiger partial charge is 0.368 e. The predicted molar refractivity (Wildman–Crippen MR) is 94.1 cm³/mol. The normalized spacial score (nSPS) is 12.7. The number of fused-ring (bicyclic) bond motifs is 1. The van der Waals surface area contributed by atoms with E-state index in [0.29, 0.717) is 6.42 Å². The lowest BCUT2D eigenvalue weighted by molar-refractivity contribution is -0.119. The van der Waals surface area contributed by atoms with Crippen molar-refractivity contribution in [2.75, 3.05) is 5.75 Å². The highest BCUT2D eigenvalue weighted by Crippen LogP contribution is 2.19. The minimum Gasteiger partial charge on any atom is -0.368 e. The van der Waals surface area contributed by atoms with Crippen molar-refractivity contribution in [1.29, 1.82) is 0 Å². The molecule has 0 aliphatic rings. The van der Waals surface area contributed by atoms with Crippen molar-refractivity contribution in [2.45, 2.75) is 32.2 Å². The van der Waals surface area contributed by atoms with Gasteiger partial charge in [-0.3, -0.25) is 4.79 Å². The number of rotatable bonds is 8. The average molecular weight is 360 g/mol. The zero-order valence-electron chi connectivity index (χ0n) is 12.9. The predicted octanol–water partition coefficient (Wildman–Crippen LogP) is 1.71. The number of nitrogens with two attached hydrogens (primary N) is 1. The van der Waals surface area contributed by atoms with E-state index in [1.807, 2.05) is 31.2 Å². The van der Waals surface area contributed by atoms with E-state index in [1.165, 1.54) is 0 Å². The average Bonchev–Trinajstić information content (AvgIpc) is 2.88. The molecule has 128 valence electrons. The summed E-state index contributed by atoms with van der Waals surface area (Å²) in [6.45, 7) is 1.91. The van der Waals surface area contributed by atoms with E-state index < -0.39 is 22.0 Å². The lowest BCUT2D eigenvalue weighted by atomic mass is 10.1. The van der Waals surface area contributed by atoms with Gasteiger partial charge in [-0.1, -0.05) is 31.5 Å². The summed E-state index contributed by atoms with van der Waals surface area (Å²) < 4.78 is 26.4. The molecule has 4 N–H and O–H groups in total. The second kappa shape index (κ2) is 8.33. The zero-order chi connectivity index (χ0) is 16.2. The smallest absolute Gasteiger partial charge is 0.235 e. The molecular weight excluding hydrogens is 338 g/mol. The zero-order valence-corrected chi connectivity index (χ0v) is 14.5. The minimum absolute atomic E-state index is 0. The van der Waals surface area contributed by atoms with Crippen LogP contribution in [0, 0.1) is 0 Å². The molecule has 0 spiro atoms. The summed E-state index contributed by atoms with van der Waals surface area (Å²) in [6, 6.07) is 6.70. The van der Waals surface area contributed by atoms with Crippen LogP contribution in [-0.4, -0.2) is 31.1 Å². The summed E-state index contributed by atoms with van der Waals surface area (Å²) in [4.78, 5) is 14.7. The molecular formula is C15H22ClN3O3S. The number of primary amides is 1. The van der Waals surface area contributed by atoms with E-state index in [9.17, 15) is 13.2 Å². The van der Waals surface area contributed by atoms with Crippen LogP contribution in [0.3, 0.4) is 0 Å². The van der Waals surface area contributed by atoms with Crippen LogP contribution < -0.4 is 10.5 Å². The van der Waals surface area contributed by atoms with Crippen LogP contribution in [0.5, 0.6) is 0 Å². The fraction of sp³-hybridized carbons (Fsp3) is 0.400. The van der Waals surface area contributed by atoms with Crippen molar-refractivity contribution < 1.29 is 13.2 Å². The molecule has 1 amide bonds. The molecule has 1 aromatic carbocycles. The molecule has 8 heteroatoms. The van der Waals surface area contributed by atoms with Crippen LogP contribution >= 0.6 is 12.4 Å². The third-order valence-electron chi connectivity index (χ3n) is 3.53. The van der Waals surface area contributed by atoms with Crippen molar-refractivity contribution in [1.82, 2.24) is 9.71 Å². The molecule has 0 saturated heterocycles. The molecule has 23 heavy (non-hydrogen) atoms. The summed E-state index contributed by atoms with van der Waals surface area (Å²) in [6.07, 6.45) is 3.32. The number of amides is 1. The van der Waals surface area contributed by atoms with Gasteiger partial charge < -0.3 is 10.7 Å². The van der Waals surface area contributed by atoms with Crippen molar-refractivity contribution in [2.24, 2.45) is 5.73 Å². The Bertz CT molecular complexity index is 758. The first-order valence-corrected chi connectivity index (χ1v) is 8.92. The second-order valence-electron chi connectivity index (χ2n) is 5.31. The maximum absolute atomic E-state index is 12.0. The Kier molecular flexibility index (Phi) is 7.05. The molecule has 0 aliphatic heterocycles. The van der Waals surface area contributed by atoms with Gasteiger partial charge in [0.15, 0.2) is 0 Å². The number of H-pyrrole nitrogens is 1. The van der Waals surface area contributed by atoms with Gasteiger partial charge in [-0.15, -0.1) is 12.4 Å². The van der Waals surface area contributed by atoms with E-state index in [4.69, 9.17) is 5.73 Å². The number of aromatic nitrogens is 1. The molecule has 1 aromatic heterocycles. The van der Waals surface area contributed by atoms with E-state index in [1.54, 1.807) is 6.20 Å². The van der Waals surface area contributed by atoms with Crippen molar-refractivity contribution >= 4 is 39.2 Å². The Hall–Kier alpha value is -1.57. The first kappa shape index (κ1) is 19.5. The Labute approximate surface area is 142 Å². The summed E-state index contributed by atoms with van der Waals surface area (Å²) in [5.74, 6) is -0.674. The third-order valence-corrected chi connectivity index (χ3v) is 5.00. The lowest BCUT2D eigenvalue weighted by Gasteiger charge is -2.15. The summed E-state index contributed by atoms with van der Waals surface area (Å²) >= 11 is 0. The number of aromatic amines is 1. The van der Waals surface area contributed by atoms with Gasteiger partial charge >= 0.3 is 0 Å². The van der Waals surface area contributed by atoms with Crippen LogP contribution in [0.25, 0.3) is 10.9 Å². The molecule has 6 nitrogen and oxygen atoms in total. The number of hydrogen-bond acceptors (Lipinski definition) is 3. The van der Waals surface area contributed by atoms with Crippen LogP contribution in [0.2, 0.25) is 0 Å². The highest BCUT2D eigenvalue weighted by atomic mass is 35.5. The van der Waals surface area contributed by atoms with E-state index in [-0.39, 0.29) is 24.6 Å². The number of nitrogens with one attached hydrogen (secondary N) is 2. The van der Waals surface area contributed by atoms with Gasteiger partial charge in [0.1, 0.15) is 6.04 Å². The van der Waals surface area contributed by atoms with Crippen molar-refractivity contribution in [3.05, 3.63) is 36.0 Å². The minimum atomic E-state index is -3.51. The Morgan fingerprint density at radius 3 is 2.70 bits per heavy atom. The SMILES string of the molecule is CCCCS(=O)(=O)N[C@@H](Cc1c[nH]c2ccccc12)C(N)=O.Cl. The van der Waals surface area contributed by atoms with Gasteiger partial charge in [-0.05, 0) is 24.5 Å². The Balaban J connectivity index is 0.00000264. The van der Waals surface area contributed by atoms with Gasteiger partial charge in [0.05, 0.1) is 5.75 Å². The topological polar surface area (TPSA) is 105 Å². The molecule has 1 atom stereocenters.